The van der Waals surface area contributed by atoms with Crippen LogP contribution in [0.2, 0.25) is 5.02 Å². The highest BCUT2D eigenvalue weighted by molar-refractivity contribution is 6.30. The first-order valence-corrected chi connectivity index (χ1v) is 15.4. The molecule has 0 amide bonds. The van der Waals surface area contributed by atoms with Crippen LogP contribution < -0.4 is 15.0 Å². The number of aromatic nitrogens is 2. The molecule has 0 unspecified atom stereocenters. The first-order chi connectivity index (χ1) is 23.4. The van der Waals surface area contributed by atoms with E-state index in [9.17, 15) is 5.26 Å². The Balaban J connectivity index is 0.00000151. The summed E-state index contributed by atoms with van der Waals surface area (Å²) in [5.41, 5.74) is 3.66. The van der Waals surface area contributed by atoms with Crippen LogP contribution in [0.15, 0.2) is 48.7 Å². The molecule has 0 aliphatic carbocycles. The zero-order valence-corrected chi connectivity index (χ0v) is 25.6. The fourth-order valence-electron chi connectivity index (χ4n) is 7.26. The molecule has 6 rings (SSSR count). The molecule has 1 aromatic carbocycles. The van der Waals surface area contributed by atoms with Gasteiger partial charge in [0.25, 0.3) is 6.47 Å². The number of pyridine rings is 2. The summed E-state index contributed by atoms with van der Waals surface area (Å²) < 4.78 is 44.5. The number of benzene rings is 1. The summed E-state index contributed by atoms with van der Waals surface area (Å²) in [6, 6.07) is 15.4. The number of ether oxygens (including phenoxy) is 1. The van der Waals surface area contributed by atoms with Gasteiger partial charge in [0, 0.05) is 60.1 Å². The second-order valence-corrected chi connectivity index (χ2v) is 12.0. The molecule has 2 fully saturated rings. The van der Waals surface area contributed by atoms with Gasteiger partial charge in [-0.05, 0) is 68.4 Å². The molecule has 44 heavy (non-hydrogen) atoms. The number of hydrogen-bond acceptors (Lipinski definition) is 8. The van der Waals surface area contributed by atoms with E-state index >= 15 is 0 Å². The molecule has 3 aromatic rings. The third-order valence-corrected chi connectivity index (χ3v) is 9.36. The monoisotopic (exact) mass is 621 g/mol. The number of nitrogens with zero attached hydrogens (tertiary/aromatic N) is 5. The van der Waals surface area contributed by atoms with E-state index in [0.717, 1.165) is 57.7 Å². The Hall–Kier alpha value is -3.71. The third kappa shape index (κ3) is 6.53. The maximum absolute atomic E-state index is 9.83. The number of carboxylic acid groups (broad SMARTS) is 1. The number of fused-ring (bicyclic) bond motifs is 2. The summed E-state index contributed by atoms with van der Waals surface area (Å²) in [7, 11) is 0. The van der Waals surface area contributed by atoms with Gasteiger partial charge in [0.15, 0.2) is 0 Å². The molecule has 1 spiro atoms. The summed E-state index contributed by atoms with van der Waals surface area (Å²) in [4.78, 5) is 22.9. The van der Waals surface area contributed by atoms with Crippen molar-refractivity contribution in [1.82, 2.24) is 20.2 Å². The Bertz CT molecular complexity index is 1680. The van der Waals surface area contributed by atoms with Gasteiger partial charge in [-0.1, -0.05) is 43.1 Å². The molecular formula is C34H41ClN6O3. The lowest BCUT2D eigenvalue weighted by Gasteiger charge is -2.53. The Morgan fingerprint density at radius 1 is 1.36 bits per heavy atom. The standard InChI is InChI=1S/C33H39ClN6O.CH2O2/c1-3-24-19-40(32-23(17-35)16-25(34)18-37-32)15-13-33(24)22-39(20-26-8-7-14-36-26)21-30-28(33)11-12-29(38-30)27-9-5-6-10-31(27)41-4-2;2-1-3/h5-6,9-12,16,18,24,26,36H,3-4,7-8,13-15,19-22H2,1-2H3;1H,(H,2,3)/t24-,26-,33+;/m1./s1/i2D3,4D2;. The second kappa shape index (κ2) is 14.4. The lowest BCUT2D eigenvalue weighted by molar-refractivity contribution is -0.122. The number of nitrogens with one attached hydrogen (secondary N) is 1. The number of hydrogen-bond donors (Lipinski definition) is 2. The number of halogens is 1. The second-order valence-electron chi connectivity index (χ2n) is 11.6. The van der Waals surface area contributed by atoms with Gasteiger partial charge in [-0.2, -0.15) is 5.26 Å². The number of rotatable bonds is 7. The fraction of sp³-hybridized carbons (Fsp3) is 0.471. The van der Waals surface area contributed by atoms with E-state index in [1.165, 1.54) is 12.0 Å². The van der Waals surface area contributed by atoms with Gasteiger partial charge in [-0.25, -0.2) is 4.98 Å². The van der Waals surface area contributed by atoms with Crippen LogP contribution in [0, 0.1) is 17.2 Å². The summed E-state index contributed by atoms with van der Waals surface area (Å²) in [6.07, 6.45) is 5.71. The molecule has 2 aromatic heterocycles. The van der Waals surface area contributed by atoms with E-state index < -0.39 is 13.4 Å². The topological polar surface area (TPSA) is 115 Å². The predicted molar refractivity (Wildman–Crippen MR) is 172 cm³/mol. The van der Waals surface area contributed by atoms with E-state index in [-0.39, 0.29) is 23.6 Å². The summed E-state index contributed by atoms with van der Waals surface area (Å²) in [6.45, 7) is 1.18. The maximum Gasteiger partial charge on any atom is 0.290 e. The van der Waals surface area contributed by atoms with Crippen molar-refractivity contribution in [3.8, 4) is 23.1 Å². The minimum absolute atomic E-state index is 0.136. The van der Waals surface area contributed by atoms with Crippen molar-refractivity contribution in [1.29, 1.82) is 5.26 Å². The van der Waals surface area contributed by atoms with Crippen LogP contribution in [0.25, 0.3) is 11.3 Å². The fourth-order valence-corrected chi connectivity index (χ4v) is 7.42. The van der Waals surface area contributed by atoms with Gasteiger partial charge in [-0.3, -0.25) is 14.7 Å². The quantitative estimate of drug-likeness (QED) is 0.330. The van der Waals surface area contributed by atoms with Gasteiger partial charge >= 0.3 is 0 Å². The SMILES string of the molecule is O=CO.[2H]C([2H])([2H])C([2H])([2H])Oc1ccccc1-c1ccc2c(n1)CN(C[C@H]1CCCN1)C[C@]21CCN(c2ncc(Cl)cc2C#N)C[C@H]1CC. The largest absolute Gasteiger partial charge is 0.493 e. The molecule has 0 radical (unpaired) electrons. The first-order valence-electron chi connectivity index (χ1n) is 17.5. The van der Waals surface area contributed by atoms with E-state index in [0.29, 0.717) is 40.2 Å². The van der Waals surface area contributed by atoms with Crippen molar-refractivity contribution in [2.45, 2.75) is 57.5 Å². The van der Waals surface area contributed by atoms with Gasteiger partial charge < -0.3 is 20.1 Å². The molecule has 0 bridgehead atoms. The molecule has 0 saturated carbocycles. The average molecular weight is 622 g/mol. The molecule has 2 N–H and O–H groups in total. The number of carbonyl (C=O) groups is 1. The van der Waals surface area contributed by atoms with Gasteiger partial charge in [0.05, 0.1) is 31.3 Å². The Kier molecular flexibility index (Phi) is 8.37. The van der Waals surface area contributed by atoms with Crippen LogP contribution >= 0.6 is 11.6 Å². The van der Waals surface area contributed by atoms with Crippen LogP contribution in [-0.4, -0.2) is 71.8 Å². The van der Waals surface area contributed by atoms with Crippen LogP contribution in [0.5, 0.6) is 5.75 Å². The third-order valence-electron chi connectivity index (χ3n) is 9.15. The summed E-state index contributed by atoms with van der Waals surface area (Å²) in [5, 5.41) is 20.8. The van der Waals surface area contributed by atoms with Crippen LogP contribution in [0.1, 0.15) is 63.1 Å². The van der Waals surface area contributed by atoms with E-state index in [1.807, 2.05) is 12.1 Å². The van der Waals surface area contributed by atoms with Crippen LogP contribution in [0.3, 0.4) is 0 Å². The number of nitriles is 1. The van der Waals surface area contributed by atoms with Crippen molar-refractivity contribution in [3.63, 3.8) is 0 Å². The van der Waals surface area contributed by atoms with E-state index in [4.69, 9.17) is 38.1 Å². The van der Waals surface area contributed by atoms with Crippen molar-refractivity contribution in [3.05, 3.63) is 70.5 Å². The van der Waals surface area contributed by atoms with Gasteiger partial charge in [0.2, 0.25) is 0 Å². The zero-order chi connectivity index (χ0) is 35.4. The van der Waals surface area contributed by atoms with Crippen LogP contribution in [0.4, 0.5) is 5.82 Å². The molecule has 3 aliphatic heterocycles. The molecule has 3 aliphatic rings. The lowest BCUT2D eigenvalue weighted by Crippen LogP contribution is -2.58. The minimum Gasteiger partial charge on any atom is -0.493 e. The Morgan fingerprint density at radius 3 is 2.95 bits per heavy atom. The molecule has 9 nitrogen and oxygen atoms in total. The summed E-state index contributed by atoms with van der Waals surface area (Å²) in [5.74, 6) is 1.07. The van der Waals surface area contributed by atoms with E-state index in [2.05, 4.69) is 39.2 Å². The average Bonchev–Trinajstić information content (AvgIpc) is 3.58. The highest BCUT2D eigenvalue weighted by atomic mass is 35.5. The van der Waals surface area contributed by atoms with Crippen molar-refractivity contribution in [2.24, 2.45) is 5.92 Å². The lowest BCUT2D eigenvalue weighted by atomic mass is 9.62. The normalized spacial score (nSPS) is 25.2. The molecular weight excluding hydrogens is 576 g/mol. The minimum atomic E-state index is -2.95. The molecule has 5 heterocycles. The predicted octanol–water partition coefficient (Wildman–Crippen LogP) is 5.51. The van der Waals surface area contributed by atoms with Crippen molar-refractivity contribution >= 4 is 23.9 Å². The highest BCUT2D eigenvalue weighted by Crippen LogP contribution is 2.47. The molecule has 232 valence electrons. The van der Waals surface area contributed by atoms with Gasteiger partial charge in [0.1, 0.15) is 17.6 Å². The summed E-state index contributed by atoms with van der Waals surface area (Å²) >= 11 is 6.17. The maximum atomic E-state index is 9.83. The Morgan fingerprint density at radius 2 is 2.20 bits per heavy atom. The van der Waals surface area contributed by atoms with Crippen molar-refractivity contribution < 1.29 is 21.5 Å². The smallest absolute Gasteiger partial charge is 0.290 e. The molecule has 2 saturated heterocycles. The van der Waals surface area contributed by atoms with Crippen LogP contribution in [-0.2, 0) is 16.8 Å². The Labute approximate surface area is 271 Å². The van der Waals surface area contributed by atoms with E-state index in [1.54, 1.807) is 30.5 Å². The van der Waals surface area contributed by atoms with Crippen molar-refractivity contribution in [2.75, 3.05) is 44.2 Å². The number of para-hydroxylation sites is 1. The zero-order valence-electron chi connectivity index (χ0n) is 29.8. The molecule has 10 heteroatoms. The number of anilines is 1. The number of piperidine rings is 1. The first kappa shape index (κ1) is 25.6. The highest BCUT2D eigenvalue weighted by Gasteiger charge is 2.49. The van der Waals surface area contributed by atoms with Gasteiger partial charge in [-0.15, -0.1) is 0 Å². The molecule has 3 atom stereocenters.